The molecule has 5 rings (SSSR count). The van der Waals surface area contributed by atoms with E-state index in [0.717, 1.165) is 29.6 Å². The van der Waals surface area contributed by atoms with Crippen molar-refractivity contribution in [1.29, 1.82) is 0 Å². The zero-order valence-electron chi connectivity index (χ0n) is 13.4. The van der Waals surface area contributed by atoms with E-state index < -0.39 is 0 Å². The molecule has 26 heavy (non-hydrogen) atoms. The molecule has 1 fully saturated rings. The second kappa shape index (κ2) is 5.73. The number of carbonyl (C=O) groups is 1. The monoisotopic (exact) mass is 368 g/mol. The molecular weight excluding hydrogens is 355 g/mol. The maximum atomic E-state index is 13.4. The van der Waals surface area contributed by atoms with Gasteiger partial charge in [-0.05, 0) is 31.0 Å². The molecule has 0 amide bonds. The minimum absolute atomic E-state index is 0.293. The summed E-state index contributed by atoms with van der Waals surface area (Å²) < 4.78 is 15.7. The highest BCUT2D eigenvalue weighted by Crippen LogP contribution is 2.31. The van der Waals surface area contributed by atoms with E-state index in [9.17, 15) is 9.18 Å². The SMILES string of the molecule is O=Cc1cnn2c(NC3CC3)cc(Nc3nc4ccc(F)cc4s3)nc12. The number of nitrogens with zero attached hydrogens (tertiary/aromatic N) is 4. The third kappa shape index (κ3) is 2.66. The number of benzene rings is 1. The fourth-order valence-electron chi connectivity index (χ4n) is 2.73. The quantitative estimate of drug-likeness (QED) is 0.524. The van der Waals surface area contributed by atoms with Crippen molar-refractivity contribution in [2.75, 3.05) is 10.6 Å². The normalized spacial score (nSPS) is 14.0. The number of thiazole rings is 1. The van der Waals surface area contributed by atoms with E-state index in [1.165, 1.54) is 29.7 Å². The maximum Gasteiger partial charge on any atom is 0.189 e. The van der Waals surface area contributed by atoms with E-state index >= 15 is 0 Å². The van der Waals surface area contributed by atoms with Crippen LogP contribution in [0.15, 0.2) is 30.5 Å². The second-order valence-corrected chi connectivity index (χ2v) is 7.19. The predicted molar refractivity (Wildman–Crippen MR) is 97.9 cm³/mol. The number of hydrogen-bond acceptors (Lipinski definition) is 7. The minimum atomic E-state index is -0.293. The van der Waals surface area contributed by atoms with Gasteiger partial charge in [-0.3, -0.25) is 4.79 Å². The molecule has 0 bridgehead atoms. The molecule has 2 N–H and O–H groups in total. The molecular formula is C17H13FN6OS. The molecule has 0 spiro atoms. The molecule has 1 aromatic carbocycles. The number of aldehydes is 1. The van der Waals surface area contributed by atoms with Gasteiger partial charge < -0.3 is 10.6 Å². The van der Waals surface area contributed by atoms with Gasteiger partial charge in [0.15, 0.2) is 17.1 Å². The summed E-state index contributed by atoms with van der Waals surface area (Å²) in [7, 11) is 0. The molecule has 9 heteroatoms. The highest BCUT2D eigenvalue weighted by atomic mass is 32.1. The summed E-state index contributed by atoms with van der Waals surface area (Å²) in [4.78, 5) is 20.2. The molecule has 3 aromatic heterocycles. The average molecular weight is 368 g/mol. The Bertz CT molecular complexity index is 1150. The number of rotatable bonds is 5. The number of aromatic nitrogens is 4. The summed E-state index contributed by atoms with van der Waals surface area (Å²) >= 11 is 1.34. The Morgan fingerprint density at radius 2 is 2.15 bits per heavy atom. The molecule has 0 radical (unpaired) electrons. The molecule has 0 aliphatic heterocycles. The minimum Gasteiger partial charge on any atom is -0.367 e. The molecule has 0 unspecified atom stereocenters. The van der Waals surface area contributed by atoms with Crippen LogP contribution in [0.1, 0.15) is 23.2 Å². The number of nitrogens with one attached hydrogen (secondary N) is 2. The van der Waals surface area contributed by atoms with Gasteiger partial charge in [-0.25, -0.2) is 14.4 Å². The zero-order chi connectivity index (χ0) is 17.7. The molecule has 130 valence electrons. The van der Waals surface area contributed by atoms with E-state index in [2.05, 4.69) is 25.7 Å². The molecule has 4 aromatic rings. The first-order chi connectivity index (χ1) is 12.7. The molecule has 1 aliphatic carbocycles. The third-order valence-electron chi connectivity index (χ3n) is 4.14. The Morgan fingerprint density at radius 3 is 2.96 bits per heavy atom. The topological polar surface area (TPSA) is 84.2 Å². The van der Waals surface area contributed by atoms with Crippen molar-refractivity contribution in [3.05, 3.63) is 41.8 Å². The van der Waals surface area contributed by atoms with E-state index in [-0.39, 0.29) is 5.82 Å². The third-order valence-corrected chi connectivity index (χ3v) is 5.07. The molecule has 0 saturated heterocycles. The number of carbonyl (C=O) groups excluding carboxylic acids is 1. The van der Waals surface area contributed by atoms with Crippen molar-refractivity contribution >= 4 is 50.3 Å². The lowest BCUT2D eigenvalue weighted by atomic mass is 10.3. The van der Waals surface area contributed by atoms with Crippen LogP contribution in [0.4, 0.5) is 21.2 Å². The summed E-state index contributed by atoms with van der Waals surface area (Å²) in [5.41, 5.74) is 1.61. The van der Waals surface area contributed by atoms with Crippen LogP contribution in [0.25, 0.3) is 15.9 Å². The van der Waals surface area contributed by atoms with Gasteiger partial charge in [-0.1, -0.05) is 11.3 Å². The lowest BCUT2D eigenvalue weighted by molar-refractivity contribution is 0.112. The molecule has 1 saturated carbocycles. The largest absolute Gasteiger partial charge is 0.367 e. The number of halogens is 1. The molecule has 3 heterocycles. The van der Waals surface area contributed by atoms with Crippen LogP contribution in [0, 0.1) is 5.82 Å². The van der Waals surface area contributed by atoms with Crippen LogP contribution in [0.3, 0.4) is 0 Å². The summed E-state index contributed by atoms with van der Waals surface area (Å²) in [6.07, 6.45) is 4.45. The standard InChI is InChI=1S/C17H13FN6OS/c18-10-1-4-12-13(5-10)26-17(21-12)23-14-6-15(20-11-2-3-11)24-16(22-14)9(8-25)7-19-24/h1,4-8,11,20H,2-3H2,(H,21,22,23). The van der Waals surface area contributed by atoms with Gasteiger partial charge in [0.05, 0.1) is 22.0 Å². The van der Waals surface area contributed by atoms with Crippen LogP contribution in [0.5, 0.6) is 0 Å². The van der Waals surface area contributed by atoms with Gasteiger partial charge in [0.2, 0.25) is 0 Å². The van der Waals surface area contributed by atoms with Crippen LogP contribution in [0.2, 0.25) is 0 Å². The van der Waals surface area contributed by atoms with Gasteiger partial charge in [-0.2, -0.15) is 9.61 Å². The van der Waals surface area contributed by atoms with Crippen molar-refractivity contribution in [3.8, 4) is 0 Å². The first-order valence-corrected chi connectivity index (χ1v) is 8.95. The smallest absolute Gasteiger partial charge is 0.189 e. The summed E-state index contributed by atoms with van der Waals surface area (Å²) in [5.74, 6) is 1.02. The van der Waals surface area contributed by atoms with Crippen molar-refractivity contribution in [2.45, 2.75) is 18.9 Å². The summed E-state index contributed by atoms with van der Waals surface area (Å²) in [5, 5.41) is 11.4. The van der Waals surface area contributed by atoms with E-state index in [0.29, 0.717) is 33.7 Å². The van der Waals surface area contributed by atoms with E-state index in [1.807, 2.05) is 6.07 Å². The fraction of sp³-hybridized carbons (Fsp3) is 0.176. The van der Waals surface area contributed by atoms with Crippen LogP contribution < -0.4 is 10.6 Å². The van der Waals surface area contributed by atoms with Gasteiger partial charge >= 0.3 is 0 Å². The van der Waals surface area contributed by atoms with Crippen molar-refractivity contribution in [2.24, 2.45) is 0 Å². The summed E-state index contributed by atoms with van der Waals surface area (Å²) in [6, 6.07) is 6.74. The van der Waals surface area contributed by atoms with E-state index in [4.69, 9.17) is 0 Å². The predicted octanol–water partition coefficient (Wildman–Crippen LogP) is 3.61. The van der Waals surface area contributed by atoms with Crippen molar-refractivity contribution in [1.82, 2.24) is 19.6 Å². The fourth-order valence-corrected chi connectivity index (χ4v) is 3.63. The number of fused-ring (bicyclic) bond motifs is 2. The van der Waals surface area contributed by atoms with Crippen molar-refractivity contribution < 1.29 is 9.18 Å². The summed E-state index contributed by atoms with van der Waals surface area (Å²) in [6.45, 7) is 0. The van der Waals surface area contributed by atoms with Crippen molar-refractivity contribution in [3.63, 3.8) is 0 Å². The Balaban J connectivity index is 1.56. The first-order valence-electron chi connectivity index (χ1n) is 8.13. The zero-order valence-corrected chi connectivity index (χ0v) is 14.3. The Hall–Kier alpha value is -3.07. The highest BCUT2D eigenvalue weighted by molar-refractivity contribution is 7.22. The average Bonchev–Trinajstić information content (AvgIpc) is 3.20. The van der Waals surface area contributed by atoms with Crippen LogP contribution >= 0.6 is 11.3 Å². The highest BCUT2D eigenvalue weighted by Gasteiger charge is 2.23. The number of anilines is 3. The van der Waals surface area contributed by atoms with Gasteiger partial charge in [0.1, 0.15) is 17.5 Å². The molecule has 7 nitrogen and oxygen atoms in total. The second-order valence-electron chi connectivity index (χ2n) is 6.15. The van der Waals surface area contributed by atoms with Crippen LogP contribution in [-0.4, -0.2) is 31.9 Å². The molecule has 0 atom stereocenters. The number of hydrogen-bond donors (Lipinski definition) is 2. The van der Waals surface area contributed by atoms with Gasteiger partial charge in [0.25, 0.3) is 0 Å². The Kier molecular flexibility index (Phi) is 3.35. The Labute approximate surface area is 150 Å². The first kappa shape index (κ1) is 15.2. The van der Waals surface area contributed by atoms with E-state index in [1.54, 1.807) is 10.6 Å². The maximum absolute atomic E-state index is 13.4. The van der Waals surface area contributed by atoms with Gasteiger partial charge in [0, 0.05) is 12.1 Å². The van der Waals surface area contributed by atoms with Gasteiger partial charge in [-0.15, -0.1) is 0 Å². The van der Waals surface area contributed by atoms with Crippen LogP contribution in [-0.2, 0) is 0 Å². The lowest BCUT2D eigenvalue weighted by Crippen LogP contribution is -2.09. The lowest BCUT2D eigenvalue weighted by Gasteiger charge is -2.10. The molecule has 1 aliphatic rings. The Morgan fingerprint density at radius 1 is 1.27 bits per heavy atom.